The summed E-state index contributed by atoms with van der Waals surface area (Å²) in [6, 6.07) is 9.11. The zero-order valence-corrected chi connectivity index (χ0v) is 13.7. The van der Waals surface area contributed by atoms with Gasteiger partial charge in [0.15, 0.2) is 0 Å². The van der Waals surface area contributed by atoms with Gasteiger partial charge < -0.3 is 24.8 Å². The van der Waals surface area contributed by atoms with Gasteiger partial charge in [0.05, 0.1) is 0 Å². The first kappa shape index (κ1) is 18.7. The largest absolute Gasteiger partial charge is 3.00 e. The molecule has 0 unspecified atom stereocenters. The maximum absolute atomic E-state index is 2.29. The van der Waals surface area contributed by atoms with Gasteiger partial charge in [-0.15, -0.1) is 28.5 Å². The molecule has 2 aromatic carbocycles. The van der Waals surface area contributed by atoms with E-state index in [0.717, 1.165) is 6.42 Å². The Morgan fingerprint density at radius 1 is 1.06 bits per heavy atom. The Kier molecular flexibility index (Phi) is 8.84. The van der Waals surface area contributed by atoms with Crippen molar-refractivity contribution in [2.24, 2.45) is 0 Å². The molecule has 0 bridgehead atoms. The second kappa shape index (κ2) is 7.59. The van der Waals surface area contributed by atoms with E-state index in [-0.39, 0.29) is 51.0 Å². The van der Waals surface area contributed by atoms with E-state index < -0.39 is 0 Å². The van der Waals surface area contributed by atoms with Crippen LogP contribution in [0.25, 0.3) is 10.8 Å². The fourth-order valence-electron chi connectivity index (χ4n) is 2.01. The zero-order valence-electron chi connectivity index (χ0n) is 9.77. The molecule has 0 amide bonds. The van der Waals surface area contributed by atoms with Crippen molar-refractivity contribution in [2.75, 3.05) is 0 Å². The van der Waals surface area contributed by atoms with Gasteiger partial charge in [0.25, 0.3) is 0 Å². The van der Waals surface area contributed by atoms with Gasteiger partial charge in [-0.3, -0.25) is 0 Å². The van der Waals surface area contributed by atoms with E-state index in [1.807, 2.05) is 0 Å². The van der Waals surface area contributed by atoms with Crippen LogP contribution in [-0.4, -0.2) is 0 Å². The summed E-state index contributed by atoms with van der Waals surface area (Å²) in [5.41, 5.74) is 4.22. The summed E-state index contributed by atoms with van der Waals surface area (Å²) in [7, 11) is 0. The van der Waals surface area contributed by atoms with E-state index in [2.05, 4.69) is 45.0 Å². The maximum atomic E-state index is 2.29. The van der Waals surface area contributed by atoms with Crippen LogP contribution >= 0.6 is 0 Å². The Balaban J connectivity index is 0. The second-order valence-electron chi connectivity index (χ2n) is 3.81. The summed E-state index contributed by atoms with van der Waals surface area (Å²) < 4.78 is 0. The molecule has 3 heteroatoms. The third-order valence-electron chi connectivity index (χ3n) is 2.58. The fraction of sp³-hybridized carbons (Fsp3) is 0.308. The molecule has 1 radical (unpaired) electrons. The Bertz CT molecular complexity index is 446. The van der Waals surface area contributed by atoms with Crippen molar-refractivity contribution >= 4 is 10.8 Å². The number of hydrogen-bond donors (Lipinski definition) is 0. The van der Waals surface area contributed by atoms with Crippen LogP contribution in [-0.2, 0) is 32.6 Å². The summed E-state index contributed by atoms with van der Waals surface area (Å²) in [6.07, 6.45) is 1.13. The Hall–Kier alpha value is 0.293. The number of aryl methyl sites for hydroxylation is 3. The molecule has 0 aliphatic carbocycles. The monoisotopic (exact) mass is 331 g/mol. The van der Waals surface area contributed by atoms with Gasteiger partial charge in [-0.1, -0.05) is 31.0 Å². The van der Waals surface area contributed by atoms with Crippen molar-refractivity contribution in [3.63, 3.8) is 0 Å². The Labute approximate surface area is 129 Å². The first-order valence-corrected chi connectivity index (χ1v) is 4.87. The SMILES string of the molecule is CCc1cc(C)cc2[cH-]c(C)cc12.[Cl-].[Cl-].[Zr+3]. The van der Waals surface area contributed by atoms with E-state index in [0.29, 0.717) is 0 Å². The van der Waals surface area contributed by atoms with Crippen LogP contribution in [0.4, 0.5) is 0 Å². The molecule has 0 nitrogen and oxygen atoms in total. The van der Waals surface area contributed by atoms with Crippen molar-refractivity contribution < 1.29 is 51.0 Å². The first-order valence-electron chi connectivity index (χ1n) is 4.87. The quantitative estimate of drug-likeness (QED) is 0.517. The number of rotatable bonds is 1. The predicted molar refractivity (Wildman–Crippen MR) is 58.4 cm³/mol. The summed E-state index contributed by atoms with van der Waals surface area (Å²) in [4.78, 5) is 0. The molecule has 0 saturated carbocycles. The number of fused-ring (bicyclic) bond motifs is 1. The molecule has 16 heavy (non-hydrogen) atoms. The van der Waals surface area contributed by atoms with Crippen LogP contribution in [0.1, 0.15) is 23.6 Å². The van der Waals surface area contributed by atoms with Gasteiger partial charge in [-0.2, -0.15) is 6.07 Å². The van der Waals surface area contributed by atoms with Gasteiger partial charge >= 0.3 is 26.2 Å². The van der Waals surface area contributed by atoms with Crippen LogP contribution < -0.4 is 24.8 Å². The summed E-state index contributed by atoms with van der Waals surface area (Å²) >= 11 is 0. The molecule has 2 rings (SSSR count). The molecule has 0 aromatic heterocycles. The van der Waals surface area contributed by atoms with Crippen molar-refractivity contribution in [1.82, 2.24) is 0 Å². The molecule has 0 fully saturated rings. The average Bonchev–Trinajstić information content (AvgIpc) is 2.43. The standard InChI is InChI=1S/C13H15.2ClH.Zr/c1-4-11-5-9(2)6-12-7-10(3)8-13(11)12;;;/h5-8H,4H2,1-3H3;2*1H;/q-1;;;+3/p-2. The number of hydrogen-bond acceptors (Lipinski definition) is 0. The van der Waals surface area contributed by atoms with Crippen molar-refractivity contribution in [3.8, 4) is 0 Å². The molecule has 0 heterocycles. The van der Waals surface area contributed by atoms with Gasteiger partial charge in [0.1, 0.15) is 0 Å². The van der Waals surface area contributed by atoms with Gasteiger partial charge in [-0.05, 0) is 13.3 Å². The Morgan fingerprint density at radius 2 is 1.69 bits per heavy atom. The minimum absolute atomic E-state index is 0. The third kappa shape index (κ3) is 3.65. The van der Waals surface area contributed by atoms with E-state index in [9.17, 15) is 0 Å². The first-order chi connectivity index (χ1) is 6.20. The molecular formula is C13H15Cl2Zr. The topological polar surface area (TPSA) is 0 Å². The van der Waals surface area contributed by atoms with Crippen LogP contribution in [0.5, 0.6) is 0 Å². The van der Waals surface area contributed by atoms with Crippen molar-refractivity contribution in [3.05, 3.63) is 41.0 Å². The van der Waals surface area contributed by atoms with Gasteiger partial charge in [0.2, 0.25) is 0 Å². The molecule has 0 spiro atoms. The summed E-state index contributed by atoms with van der Waals surface area (Å²) in [5, 5.41) is 2.83. The van der Waals surface area contributed by atoms with E-state index >= 15 is 0 Å². The van der Waals surface area contributed by atoms with Gasteiger partial charge in [0, 0.05) is 0 Å². The third-order valence-corrected chi connectivity index (χ3v) is 2.58. The molecule has 2 aromatic rings. The smallest absolute Gasteiger partial charge is 1.00 e. The minimum atomic E-state index is 0. The summed E-state index contributed by atoms with van der Waals surface area (Å²) in [5.74, 6) is 0. The minimum Gasteiger partial charge on any atom is -1.00 e. The van der Waals surface area contributed by atoms with Crippen LogP contribution in [0.15, 0.2) is 24.3 Å². The molecular weight excluding hydrogens is 318 g/mol. The molecule has 0 aliphatic rings. The molecule has 85 valence electrons. The zero-order chi connectivity index (χ0) is 9.42. The number of halogens is 2. The normalized spacial score (nSPS) is 8.94. The van der Waals surface area contributed by atoms with Gasteiger partial charge in [-0.25, -0.2) is 0 Å². The molecule has 0 aliphatic heterocycles. The fourth-order valence-corrected chi connectivity index (χ4v) is 2.01. The Morgan fingerprint density at radius 3 is 2.25 bits per heavy atom. The summed E-state index contributed by atoms with van der Waals surface area (Å²) in [6.45, 7) is 6.55. The second-order valence-corrected chi connectivity index (χ2v) is 3.81. The van der Waals surface area contributed by atoms with Crippen LogP contribution in [0.3, 0.4) is 0 Å². The van der Waals surface area contributed by atoms with Crippen LogP contribution in [0, 0.1) is 13.8 Å². The molecule has 0 N–H and O–H groups in total. The predicted octanol–water partition coefficient (Wildman–Crippen LogP) is -2.26. The van der Waals surface area contributed by atoms with Crippen LogP contribution in [0.2, 0.25) is 0 Å². The van der Waals surface area contributed by atoms with Crippen molar-refractivity contribution in [1.29, 1.82) is 0 Å². The average molecular weight is 333 g/mol. The molecule has 0 saturated heterocycles. The number of benzene rings is 1. The van der Waals surface area contributed by atoms with E-state index in [1.165, 1.54) is 27.5 Å². The van der Waals surface area contributed by atoms with E-state index in [1.54, 1.807) is 0 Å². The molecule has 0 atom stereocenters. The maximum Gasteiger partial charge on any atom is 3.00 e. The van der Waals surface area contributed by atoms with Crippen molar-refractivity contribution in [2.45, 2.75) is 27.2 Å². The van der Waals surface area contributed by atoms with E-state index in [4.69, 9.17) is 0 Å².